The minimum absolute atomic E-state index is 0.214. The number of amides is 1. The first-order valence-electron chi connectivity index (χ1n) is 7.28. The summed E-state index contributed by atoms with van der Waals surface area (Å²) in [6.45, 7) is 0.664. The van der Waals surface area contributed by atoms with E-state index in [0.29, 0.717) is 34.5 Å². The van der Waals surface area contributed by atoms with Gasteiger partial charge >= 0.3 is 0 Å². The molecule has 0 fully saturated rings. The average molecular weight is 391 g/mol. The Balaban J connectivity index is 1.68. The Labute approximate surface area is 146 Å². The standard InChI is InChI=1S/C17H15BrN2O4/c1-23-12-2-3-14(18)13(10-12)16(21)19-6-8-20-7-4-11-5-9-24-15(11)17(20)22/h2-5,7,9-10H,6,8H2,1H3,(H,19,21). The molecule has 0 aliphatic carbocycles. The van der Waals surface area contributed by atoms with Crippen LogP contribution in [0.4, 0.5) is 0 Å². The first-order chi connectivity index (χ1) is 11.6. The summed E-state index contributed by atoms with van der Waals surface area (Å²) < 4.78 is 12.5. The van der Waals surface area contributed by atoms with Crippen molar-refractivity contribution >= 4 is 32.8 Å². The molecule has 0 bridgehead atoms. The van der Waals surface area contributed by atoms with Crippen LogP contribution >= 0.6 is 15.9 Å². The van der Waals surface area contributed by atoms with Gasteiger partial charge in [-0.05, 0) is 46.3 Å². The molecule has 0 atom stereocenters. The molecule has 1 amide bonds. The zero-order valence-electron chi connectivity index (χ0n) is 12.9. The van der Waals surface area contributed by atoms with Crippen LogP contribution in [0.15, 0.2) is 56.5 Å². The molecule has 2 aromatic heterocycles. The van der Waals surface area contributed by atoms with Crippen molar-refractivity contribution in [1.29, 1.82) is 0 Å². The molecular formula is C17H15BrN2O4. The zero-order chi connectivity index (χ0) is 17.1. The highest BCUT2D eigenvalue weighted by atomic mass is 79.9. The summed E-state index contributed by atoms with van der Waals surface area (Å²) in [5, 5.41) is 3.56. The van der Waals surface area contributed by atoms with Gasteiger partial charge in [-0.15, -0.1) is 0 Å². The molecule has 0 unspecified atom stereocenters. The summed E-state index contributed by atoms with van der Waals surface area (Å²) in [4.78, 5) is 24.5. The van der Waals surface area contributed by atoms with Gasteiger partial charge in [-0.25, -0.2) is 0 Å². The molecule has 0 saturated heterocycles. The number of ether oxygens (including phenoxy) is 1. The van der Waals surface area contributed by atoms with Crippen molar-refractivity contribution in [3.8, 4) is 5.75 Å². The van der Waals surface area contributed by atoms with Crippen molar-refractivity contribution in [3.05, 3.63) is 63.2 Å². The third kappa shape index (κ3) is 3.21. The van der Waals surface area contributed by atoms with Gasteiger partial charge in [0.05, 0.1) is 18.9 Å². The predicted octanol–water partition coefficient (Wildman–Crippen LogP) is 2.80. The van der Waals surface area contributed by atoms with E-state index in [4.69, 9.17) is 9.15 Å². The molecule has 1 N–H and O–H groups in total. The maximum atomic E-state index is 12.3. The molecule has 0 aliphatic rings. The number of methoxy groups -OCH3 is 1. The molecule has 0 aliphatic heterocycles. The highest BCUT2D eigenvalue weighted by molar-refractivity contribution is 9.10. The zero-order valence-corrected chi connectivity index (χ0v) is 14.5. The van der Waals surface area contributed by atoms with Crippen LogP contribution in [0.3, 0.4) is 0 Å². The van der Waals surface area contributed by atoms with E-state index in [2.05, 4.69) is 21.2 Å². The number of carbonyl (C=O) groups is 1. The fourth-order valence-electron chi connectivity index (χ4n) is 2.36. The number of furan rings is 1. The molecule has 7 heteroatoms. The number of pyridine rings is 1. The number of fused-ring (bicyclic) bond motifs is 1. The lowest BCUT2D eigenvalue weighted by Crippen LogP contribution is -2.30. The van der Waals surface area contributed by atoms with E-state index in [1.165, 1.54) is 10.8 Å². The molecule has 1 aromatic carbocycles. The molecule has 3 aromatic rings. The molecule has 0 radical (unpaired) electrons. The molecule has 3 rings (SSSR count). The number of nitrogens with zero attached hydrogens (tertiary/aromatic N) is 1. The third-order valence-electron chi connectivity index (χ3n) is 3.64. The van der Waals surface area contributed by atoms with Crippen LogP contribution < -0.4 is 15.6 Å². The highest BCUT2D eigenvalue weighted by Crippen LogP contribution is 2.22. The summed E-state index contributed by atoms with van der Waals surface area (Å²) >= 11 is 3.35. The second-order valence-corrected chi connectivity index (χ2v) is 5.98. The highest BCUT2D eigenvalue weighted by Gasteiger charge is 2.11. The Bertz CT molecular complexity index is 945. The first-order valence-corrected chi connectivity index (χ1v) is 8.08. The van der Waals surface area contributed by atoms with E-state index in [1.807, 2.05) is 0 Å². The molecule has 6 nitrogen and oxygen atoms in total. The normalized spacial score (nSPS) is 10.8. The molecule has 24 heavy (non-hydrogen) atoms. The van der Waals surface area contributed by atoms with E-state index < -0.39 is 0 Å². The van der Waals surface area contributed by atoms with E-state index in [9.17, 15) is 9.59 Å². The number of hydrogen-bond acceptors (Lipinski definition) is 4. The van der Waals surface area contributed by atoms with Gasteiger partial charge in [-0.3, -0.25) is 9.59 Å². The molecule has 0 spiro atoms. The maximum Gasteiger partial charge on any atom is 0.294 e. The van der Waals surface area contributed by atoms with E-state index >= 15 is 0 Å². The van der Waals surface area contributed by atoms with Crippen molar-refractivity contribution in [2.75, 3.05) is 13.7 Å². The molecule has 2 heterocycles. The van der Waals surface area contributed by atoms with Gasteiger partial charge in [0.2, 0.25) is 0 Å². The van der Waals surface area contributed by atoms with Crippen molar-refractivity contribution in [2.24, 2.45) is 0 Å². The summed E-state index contributed by atoms with van der Waals surface area (Å²) in [5.74, 6) is 0.357. The average Bonchev–Trinajstić information content (AvgIpc) is 3.07. The smallest absolute Gasteiger partial charge is 0.294 e. The Kier molecular flexibility index (Phi) is 4.71. The van der Waals surface area contributed by atoms with Crippen LogP contribution in [0.2, 0.25) is 0 Å². The fraction of sp³-hybridized carbons (Fsp3) is 0.176. The quantitative estimate of drug-likeness (QED) is 0.726. The Morgan fingerprint density at radius 1 is 1.33 bits per heavy atom. The molecule has 0 saturated carbocycles. The largest absolute Gasteiger partial charge is 0.497 e. The van der Waals surface area contributed by atoms with Crippen LogP contribution in [0, 0.1) is 0 Å². The van der Waals surface area contributed by atoms with Gasteiger partial charge in [-0.2, -0.15) is 0 Å². The first kappa shape index (κ1) is 16.3. The van der Waals surface area contributed by atoms with Gasteiger partial charge in [0.25, 0.3) is 11.5 Å². The molecule has 124 valence electrons. The van der Waals surface area contributed by atoms with Crippen LogP contribution in [0.1, 0.15) is 10.4 Å². The van der Waals surface area contributed by atoms with Gasteiger partial charge in [0.15, 0.2) is 5.58 Å². The minimum Gasteiger partial charge on any atom is -0.497 e. The number of hydrogen-bond donors (Lipinski definition) is 1. The third-order valence-corrected chi connectivity index (χ3v) is 4.33. The topological polar surface area (TPSA) is 73.5 Å². The van der Waals surface area contributed by atoms with Gasteiger partial charge in [0.1, 0.15) is 5.75 Å². The Hall–Kier alpha value is -2.54. The number of nitrogens with one attached hydrogen (secondary N) is 1. The van der Waals surface area contributed by atoms with Crippen LogP contribution in [-0.4, -0.2) is 24.1 Å². The number of aromatic nitrogens is 1. The van der Waals surface area contributed by atoms with Crippen molar-refractivity contribution < 1.29 is 13.9 Å². The Morgan fingerprint density at radius 2 is 2.17 bits per heavy atom. The summed E-state index contributed by atoms with van der Waals surface area (Å²) in [6.07, 6.45) is 3.17. The minimum atomic E-state index is -0.243. The number of benzene rings is 1. The Morgan fingerprint density at radius 3 is 2.96 bits per heavy atom. The number of rotatable bonds is 5. The lowest BCUT2D eigenvalue weighted by molar-refractivity contribution is 0.0951. The summed E-state index contributed by atoms with van der Waals surface area (Å²) in [6, 6.07) is 8.71. The summed E-state index contributed by atoms with van der Waals surface area (Å²) in [7, 11) is 1.54. The van der Waals surface area contributed by atoms with Crippen LogP contribution in [-0.2, 0) is 6.54 Å². The number of carbonyl (C=O) groups excluding carboxylic acids is 1. The SMILES string of the molecule is COc1ccc(Br)c(C(=O)NCCn2ccc3ccoc3c2=O)c1. The van der Waals surface area contributed by atoms with E-state index in [1.54, 1.807) is 43.6 Å². The van der Waals surface area contributed by atoms with E-state index in [-0.39, 0.29) is 11.5 Å². The monoisotopic (exact) mass is 390 g/mol. The van der Waals surface area contributed by atoms with Crippen molar-refractivity contribution in [2.45, 2.75) is 6.54 Å². The lowest BCUT2D eigenvalue weighted by Gasteiger charge is -2.10. The van der Waals surface area contributed by atoms with Gasteiger partial charge in [0, 0.05) is 29.1 Å². The van der Waals surface area contributed by atoms with Crippen molar-refractivity contribution in [3.63, 3.8) is 0 Å². The number of halogens is 1. The summed E-state index contributed by atoms with van der Waals surface area (Å²) in [5.41, 5.74) is 0.580. The second kappa shape index (κ2) is 6.92. The van der Waals surface area contributed by atoms with Crippen molar-refractivity contribution in [1.82, 2.24) is 9.88 Å². The second-order valence-electron chi connectivity index (χ2n) is 5.12. The van der Waals surface area contributed by atoms with Gasteiger partial charge in [-0.1, -0.05) is 0 Å². The molecular weight excluding hydrogens is 376 g/mol. The predicted molar refractivity (Wildman–Crippen MR) is 93.5 cm³/mol. The fourth-order valence-corrected chi connectivity index (χ4v) is 2.79. The van der Waals surface area contributed by atoms with E-state index in [0.717, 1.165) is 5.39 Å². The van der Waals surface area contributed by atoms with Crippen LogP contribution in [0.5, 0.6) is 5.75 Å². The maximum absolute atomic E-state index is 12.3. The lowest BCUT2D eigenvalue weighted by atomic mass is 10.2. The van der Waals surface area contributed by atoms with Gasteiger partial charge < -0.3 is 19.0 Å². The van der Waals surface area contributed by atoms with Crippen LogP contribution in [0.25, 0.3) is 11.0 Å².